The topological polar surface area (TPSA) is 29.9 Å². The van der Waals surface area contributed by atoms with Crippen molar-refractivity contribution in [2.45, 2.75) is 33.1 Å². The van der Waals surface area contributed by atoms with E-state index in [4.69, 9.17) is 5.10 Å². The first-order chi connectivity index (χ1) is 12.2. The van der Waals surface area contributed by atoms with Gasteiger partial charge < -0.3 is 5.32 Å². The third kappa shape index (κ3) is 2.97. The Bertz CT molecular complexity index is 927. The van der Waals surface area contributed by atoms with Gasteiger partial charge in [-0.2, -0.15) is 5.10 Å². The zero-order chi connectivity index (χ0) is 17.4. The molecule has 0 aliphatic carbocycles. The molecule has 0 fully saturated rings. The van der Waals surface area contributed by atoms with E-state index in [1.165, 1.54) is 50.2 Å². The van der Waals surface area contributed by atoms with Crippen LogP contribution in [0, 0.1) is 17.4 Å². The minimum absolute atomic E-state index is 1.01. The smallest absolute Gasteiger partial charge is 0.133 e. The maximum absolute atomic E-state index is 5.09. The van der Waals surface area contributed by atoms with E-state index in [0.717, 1.165) is 18.7 Å². The number of anilines is 1. The Labute approximate surface area is 162 Å². The van der Waals surface area contributed by atoms with Crippen LogP contribution in [0.2, 0.25) is 0 Å². The van der Waals surface area contributed by atoms with Gasteiger partial charge in [0.25, 0.3) is 0 Å². The monoisotopic (exact) mass is 443 g/mol. The predicted octanol–water partition coefficient (Wildman–Crippen LogP) is 5.51. The predicted molar refractivity (Wildman–Crippen MR) is 113 cm³/mol. The molecule has 0 radical (unpaired) electrons. The Kier molecular flexibility index (Phi) is 4.54. The molecule has 2 heterocycles. The maximum Gasteiger partial charge on any atom is 0.133 e. The lowest BCUT2D eigenvalue weighted by molar-refractivity contribution is 0.779. The molecule has 0 saturated heterocycles. The number of rotatable bonds is 2. The van der Waals surface area contributed by atoms with Gasteiger partial charge in [0.1, 0.15) is 5.82 Å². The summed E-state index contributed by atoms with van der Waals surface area (Å²) in [6, 6.07) is 15.0. The van der Waals surface area contributed by atoms with Crippen molar-refractivity contribution in [3.63, 3.8) is 0 Å². The molecule has 0 bridgehead atoms. The van der Waals surface area contributed by atoms with E-state index < -0.39 is 0 Å². The first-order valence-corrected chi connectivity index (χ1v) is 9.92. The van der Waals surface area contributed by atoms with Crippen LogP contribution in [0.4, 0.5) is 5.82 Å². The molecule has 128 valence electrons. The van der Waals surface area contributed by atoms with Crippen LogP contribution in [0.25, 0.3) is 16.9 Å². The van der Waals surface area contributed by atoms with Crippen molar-refractivity contribution in [2.24, 2.45) is 0 Å². The van der Waals surface area contributed by atoms with Crippen LogP contribution in [-0.4, -0.2) is 16.3 Å². The highest BCUT2D eigenvalue weighted by atomic mass is 127. The fraction of sp³-hybridized carbons (Fsp3) is 0.286. The molecular weight excluding hydrogens is 421 g/mol. The number of aromatic nitrogens is 2. The van der Waals surface area contributed by atoms with Crippen LogP contribution in [0.1, 0.15) is 29.5 Å². The first-order valence-electron chi connectivity index (χ1n) is 8.84. The molecule has 0 atom stereocenters. The van der Waals surface area contributed by atoms with Crippen molar-refractivity contribution in [3.05, 3.63) is 62.7 Å². The zero-order valence-corrected chi connectivity index (χ0v) is 16.8. The molecule has 0 saturated carbocycles. The largest absolute Gasteiger partial charge is 0.370 e. The molecular formula is C21H22IN3. The van der Waals surface area contributed by atoms with Gasteiger partial charge in [-0.05, 0) is 79.0 Å². The van der Waals surface area contributed by atoms with Crippen LogP contribution in [0.5, 0.6) is 0 Å². The number of hydrogen-bond acceptors (Lipinski definition) is 2. The Morgan fingerprint density at radius 3 is 2.72 bits per heavy atom. The molecule has 1 aromatic heterocycles. The number of fused-ring (bicyclic) bond motifs is 1. The van der Waals surface area contributed by atoms with Crippen molar-refractivity contribution < 1.29 is 0 Å². The summed E-state index contributed by atoms with van der Waals surface area (Å²) >= 11 is 2.41. The van der Waals surface area contributed by atoms with E-state index in [-0.39, 0.29) is 0 Å². The highest BCUT2D eigenvalue weighted by molar-refractivity contribution is 14.1. The molecule has 2 aromatic carbocycles. The molecule has 4 heteroatoms. The zero-order valence-electron chi connectivity index (χ0n) is 14.6. The average molecular weight is 443 g/mol. The van der Waals surface area contributed by atoms with E-state index >= 15 is 0 Å². The molecule has 0 unspecified atom stereocenters. The van der Waals surface area contributed by atoms with Gasteiger partial charge in [0, 0.05) is 21.2 Å². The van der Waals surface area contributed by atoms with E-state index in [2.05, 4.69) is 88.9 Å². The van der Waals surface area contributed by atoms with E-state index in [1.807, 2.05) is 0 Å². The normalized spacial score (nSPS) is 13.9. The number of nitrogens with zero attached hydrogens (tertiary/aromatic N) is 2. The molecule has 4 rings (SSSR count). The third-order valence-corrected chi connectivity index (χ3v) is 6.00. The lowest BCUT2D eigenvalue weighted by atomic mass is 10.0. The van der Waals surface area contributed by atoms with Gasteiger partial charge in [-0.1, -0.05) is 30.3 Å². The Morgan fingerprint density at radius 1 is 1.04 bits per heavy atom. The second kappa shape index (κ2) is 6.83. The minimum atomic E-state index is 1.01. The Balaban J connectivity index is 1.97. The molecule has 0 amide bonds. The molecule has 1 aliphatic rings. The fourth-order valence-electron chi connectivity index (χ4n) is 3.51. The molecule has 3 aromatic rings. The summed E-state index contributed by atoms with van der Waals surface area (Å²) in [6.45, 7) is 5.35. The van der Waals surface area contributed by atoms with Crippen molar-refractivity contribution in [3.8, 4) is 16.9 Å². The number of aryl methyl sites for hydroxylation is 1. The summed E-state index contributed by atoms with van der Waals surface area (Å²) in [5.41, 5.74) is 7.45. The van der Waals surface area contributed by atoms with Gasteiger partial charge >= 0.3 is 0 Å². The summed E-state index contributed by atoms with van der Waals surface area (Å²) in [5.74, 6) is 1.17. The van der Waals surface area contributed by atoms with Crippen molar-refractivity contribution in [2.75, 3.05) is 11.9 Å². The molecule has 3 nitrogen and oxygen atoms in total. The second-order valence-corrected chi connectivity index (χ2v) is 7.83. The summed E-state index contributed by atoms with van der Waals surface area (Å²) in [4.78, 5) is 0. The van der Waals surface area contributed by atoms with Gasteiger partial charge in [0.05, 0.1) is 11.4 Å². The fourth-order valence-corrected chi connectivity index (χ4v) is 4.15. The maximum atomic E-state index is 5.09. The van der Waals surface area contributed by atoms with Gasteiger partial charge in [-0.15, -0.1) is 0 Å². The Hall–Kier alpha value is -1.82. The number of hydrogen-bond donors (Lipinski definition) is 1. The summed E-state index contributed by atoms with van der Waals surface area (Å²) in [5, 5.41) is 8.73. The second-order valence-electron chi connectivity index (χ2n) is 6.67. The van der Waals surface area contributed by atoms with Crippen molar-refractivity contribution >= 4 is 28.4 Å². The molecule has 25 heavy (non-hydrogen) atoms. The van der Waals surface area contributed by atoms with Crippen LogP contribution >= 0.6 is 22.6 Å². The molecule has 0 spiro atoms. The van der Waals surface area contributed by atoms with E-state index in [1.54, 1.807) is 0 Å². The van der Waals surface area contributed by atoms with Crippen molar-refractivity contribution in [1.29, 1.82) is 0 Å². The van der Waals surface area contributed by atoms with E-state index in [9.17, 15) is 0 Å². The first kappa shape index (κ1) is 16.6. The quantitative estimate of drug-likeness (QED) is 0.530. The standard InChI is InChI=1S/C21H22IN3/c1-14-8-7-12-19(15(14)2)25-21-17(10-5-6-13-23-21)20(24-25)16-9-3-4-11-18(16)22/h3-4,7-9,11-12,23H,5-6,10,13H2,1-2H3. The highest BCUT2D eigenvalue weighted by Gasteiger charge is 2.23. The average Bonchev–Trinajstić information content (AvgIpc) is 2.79. The lowest BCUT2D eigenvalue weighted by Crippen LogP contribution is -2.08. The molecule has 1 aliphatic heterocycles. The number of nitrogens with one attached hydrogen (secondary N) is 1. The summed E-state index contributed by atoms with van der Waals surface area (Å²) < 4.78 is 3.37. The molecule has 1 N–H and O–H groups in total. The third-order valence-electron chi connectivity index (χ3n) is 5.06. The van der Waals surface area contributed by atoms with Crippen LogP contribution < -0.4 is 5.32 Å². The van der Waals surface area contributed by atoms with E-state index in [0.29, 0.717) is 0 Å². The van der Waals surface area contributed by atoms with Gasteiger partial charge in [0.2, 0.25) is 0 Å². The summed E-state index contributed by atoms with van der Waals surface area (Å²) in [7, 11) is 0. The highest BCUT2D eigenvalue weighted by Crippen LogP contribution is 2.36. The van der Waals surface area contributed by atoms with Gasteiger partial charge in [-0.25, -0.2) is 4.68 Å². The SMILES string of the molecule is Cc1cccc(-n2nc(-c3ccccc3I)c3c2NCCCC3)c1C. The van der Waals surface area contributed by atoms with Crippen molar-refractivity contribution in [1.82, 2.24) is 9.78 Å². The lowest BCUT2D eigenvalue weighted by Gasteiger charge is -2.13. The summed E-state index contributed by atoms with van der Waals surface area (Å²) in [6.07, 6.45) is 3.48. The van der Waals surface area contributed by atoms with Crippen LogP contribution in [0.3, 0.4) is 0 Å². The van der Waals surface area contributed by atoms with Crippen LogP contribution in [-0.2, 0) is 6.42 Å². The minimum Gasteiger partial charge on any atom is -0.370 e. The van der Waals surface area contributed by atoms with Gasteiger partial charge in [-0.3, -0.25) is 0 Å². The van der Waals surface area contributed by atoms with Gasteiger partial charge in [0.15, 0.2) is 0 Å². The number of halogens is 1. The Morgan fingerprint density at radius 2 is 1.88 bits per heavy atom. The van der Waals surface area contributed by atoms with Crippen LogP contribution in [0.15, 0.2) is 42.5 Å². The number of benzene rings is 2.